The number of hydrogen-bond acceptors (Lipinski definition) is 2. The number of hydrogen-bond donors (Lipinski definition) is 0. The fourth-order valence-corrected chi connectivity index (χ4v) is 14.1. The second-order valence-electron chi connectivity index (χ2n) is 20.4. The maximum atomic E-state index is 2.55. The standard InChI is InChI=1S/C67H49NS/c1-65(2)54-29-17-14-26-48(54)50-35-32-45(38-56(50)65)68(47-33-36-51-49-27-15-18-30-55(49)67(58(51)40-47,43-22-10-6-11-23-43)44-24-12-7-13-25-44)46-34-37-52-57(39-46)66(3,4)59-41-61-64(53-28-16-19-31-60(53)69-61)62(63(52)59)42-20-8-5-9-21-42/h5-41H,1-4H3. The van der Waals surface area contributed by atoms with Gasteiger partial charge in [0.15, 0.2) is 0 Å². The molecule has 1 heterocycles. The molecule has 0 aliphatic heterocycles. The minimum absolute atomic E-state index is 0.157. The van der Waals surface area contributed by atoms with Crippen molar-refractivity contribution in [1.82, 2.24) is 0 Å². The van der Waals surface area contributed by atoms with Crippen LogP contribution in [0.2, 0.25) is 0 Å². The minimum Gasteiger partial charge on any atom is -0.310 e. The van der Waals surface area contributed by atoms with Crippen LogP contribution < -0.4 is 4.90 Å². The molecule has 0 fully saturated rings. The summed E-state index contributed by atoms with van der Waals surface area (Å²) >= 11 is 1.92. The molecule has 0 N–H and O–H groups in total. The van der Waals surface area contributed by atoms with Gasteiger partial charge < -0.3 is 4.90 Å². The average Bonchev–Trinajstić information content (AvgIpc) is 4.06. The van der Waals surface area contributed by atoms with E-state index in [4.69, 9.17) is 0 Å². The smallest absolute Gasteiger partial charge is 0.0714 e. The highest BCUT2D eigenvalue weighted by Gasteiger charge is 2.47. The predicted octanol–water partition coefficient (Wildman–Crippen LogP) is 18.2. The van der Waals surface area contributed by atoms with Crippen molar-refractivity contribution in [2.45, 2.75) is 43.9 Å². The summed E-state index contributed by atoms with van der Waals surface area (Å²) in [4.78, 5) is 2.55. The van der Waals surface area contributed by atoms with Crippen LogP contribution in [0.15, 0.2) is 224 Å². The van der Waals surface area contributed by atoms with Gasteiger partial charge in [-0.15, -0.1) is 11.3 Å². The van der Waals surface area contributed by atoms with E-state index in [1.165, 1.54) is 109 Å². The van der Waals surface area contributed by atoms with Gasteiger partial charge in [-0.3, -0.25) is 0 Å². The van der Waals surface area contributed by atoms with Crippen LogP contribution in [0.3, 0.4) is 0 Å². The molecule has 0 saturated carbocycles. The molecule has 328 valence electrons. The van der Waals surface area contributed by atoms with Gasteiger partial charge in [0.05, 0.1) is 5.41 Å². The van der Waals surface area contributed by atoms with E-state index in [1.807, 2.05) is 11.3 Å². The van der Waals surface area contributed by atoms with Crippen molar-refractivity contribution in [2.24, 2.45) is 0 Å². The number of benzene rings is 10. The number of thiophene rings is 1. The van der Waals surface area contributed by atoms with Gasteiger partial charge in [-0.25, -0.2) is 0 Å². The quantitative estimate of drug-likeness (QED) is 0.161. The molecule has 1 nitrogen and oxygen atoms in total. The molecule has 0 amide bonds. The minimum atomic E-state index is -0.524. The Bertz CT molecular complexity index is 3850. The molecular formula is C67H49NS. The Kier molecular flexibility index (Phi) is 8.54. The maximum absolute atomic E-state index is 2.55. The molecule has 11 aromatic rings. The van der Waals surface area contributed by atoms with Crippen LogP contribution in [-0.4, -0.2) is 0 Å². The zero-order chi connectivity index (χ0) is 46.2. The summed E-state index contributed by atoms with van der Waals surface area (Å²) in [5.41, 5.74) is 23.6. The lowest BCUT2D eigenvalue weighted by molar-refractivity contribution is 0.660. The summed E-state index contributed by atoms with van der Waals surface area (Å²) < 4.78 is 2.68. The molecule has 0 saturated heterocycles. The maximum Gasteiger partial charge on any atom is 0.0714 e. The zero-order valence-corrected chi connectivity index (χ0v) is 40.0. The Labute approximate surface area is 408 Å². The van der Waals surface area contributed by atoms with Crippen molar-refractivity contribution in [1.29, 1.82) is 0 Å². The first kappa shape index (κ1) is 40.3. The zero-order valence-electron chi connectivity index (χ0n) is 39.2. The number of fused-ring (bicyclic) bond motifs is 12. The van der Waals surface area contributed by atoms with Crippen molar-refractivity contribution < 1.29 is 0 Å². The Balaban J connectivity index is 1.03. The van der Waals surface area contributed by atoms with Gasteiger partial charge >= 0.3 is 0 Å². The van der Waals surface area contributed by atoms with E-state index in [-0.39, 0.29) is 10.8 Å². The van der Waals surface area contributed by atoms with E-state index in [0.717, 1.165) is 17.1 Å². The molecule has 0 spiro atoms. The Morgan fingerprint density at radius 1 is 0.333 bits per heavy atom. The summed E-state index contributed by atoms with van der Waals surface area (Å²) in [6.07, 6.45) is 0. The normalized spacial score (nSPS) is 15.0. The summed E-state index contributed by atoms with van der Waals surface area (Å²) in [5.74, 6) is 0. The topological polar surface area (TPSA) is 3.24 Å². The molecule has 3 aliphatic carbocycles. The first-order valence-electron chi connectivity index (χ1n) is 24.3. The molecule has 0 unspecified atom stereocenters. The highest BCUT2D eigenvalue weighted by atomic mass is 32.1. The van der Waals surface area contributed by atoms with E-state index >= 15 is 0 Å². The molecule has 69 heavy (non-hydrogen) atoms. The van der Waals surface area contributed by atoms with E-state index in [9.17, 15) is 0 Å². The lowest BCUT2D eigenvalue weighted by Crippen LogP contribution is -2.28. The summed E-state index contributed by atoms with van der Waals surface area (Å²) in [7, 11) is 0. The van der Waals surface area contributed by atoms with Crippen LogP contribution in [0.5, 0.6) is 0 Å². The van der Waals surface area contributed by atoms with E-state index in [0.29, 0.717) is 0 Å². The predicted molar refractivity (Wildman–Crippen MR) is 292 cm³/mol. The molecule has 0 atom stereocenters. The monoisotopic (exact) mass is 899 g/mol. The first-order valence-corrected chi connectivity index (χ1v) is 25.2. The van der Waals surface area contributed by atoms with Gasteiger partial charge in [0.1, 0.15) is 0 Å². The van der Waals surface area contributed by atoms with Crippen LogP contribution in [0.4, 0.5) is 17.1 Å². The van der Waals surface area contributed by atoms with Gasteiger partial charge in [0, 0.05) is 48.1 Å². The molecule has 1 aromatic heterocycles. The largest absolute Gasteiger partial charge is 0.310 e. The second kappa shape index (κ2) is 14.6. The lowest BCUT2D eigenvalue weighted by atomic mass is 9.67. The van der Waals surface area contributed by atoms with Crippen LogP contribution in [-0.2, 0) is 16.2 Å². The fourth-order valence-electron chi connectivity index (χ4n) is 13.0. The third-order valence-electron chi connectivity index (χ3n) is 16.1. The highest BCUT2D eigenvalue weighted by molar-refractivity contribution is 7.26. The molecule has 0 bridgehead atoms. The number of rotatable bonds is 6. The van der Waals surface area contributed by atoms with Gasteiger partial charge in [-0.1, -0.05) is 204 Å². The Morgan fingerprint density at radius 2 is 0.797 bits per heavy atom. The van der Waals surface area contributed by atoms with Crippen molar-refractivity contribution in [3.05, 3.63) is 269 Å². The SMILES string of the molecule is CC1(C)c2ccccc2-c2ccc(N(c3ccc4c(c3)C(C)(C)c3cc5sc6ccccc6c5c(-c5ccccc5)c3-4)c3ccc4c(c3)C(c3ccccc3)(c3ccccc3)c3ccccc3-4)cc21. The van der Waals surface area contributed by atoms with Crippen LogP contribution in [0, 0.1) is 0 Å². The molecule has 14 rings (SSSR count). The first-order chi connectivity index (χ1) is 33.7. The highest BCUT2D eigenvalue weighted by Crippen LogP contribution is 2.60. The van der Waals surface area contributed by atoms with Crippen molar-refractivity contribution in [2.75, 3.05) is 4.90 Å². The van der Waals surface area contributed by atoms with Crippen molar-refractivity contribution in [3.63, 3.8) is 0 Å². The third kappa shape index (κ3) is 5.52. The van der Waals surface area contributed by atoms with Gasteiger partial charge in [0.25, 0.3) is 0 Å². The number of anilines is 3. The summed E-state index contributed by atoms with van der Waals surface area (Å²) in [6, 6.07) is 84.8. The van der Waals surface area contributed by atoms with E-state index in [1.54, 1.807) is 0 Å². The summed E-state index contributed by atoms with van der Waals surface area (Å²) in [6.45, 7) is 9.66. The van der Waals surface area contributed by atoms with Crippen molar-refractivity contribution >= 4 is 48.6 Å². The molecule has 0 radical (unpaired) electrons. The van der Waals surface area contributed by atoms with Gasteiger partial charge in [-0.05, 0) is 138 Å². The van der Waals surface area contributed by atoms with Gasteiger partial charge in [-0.2, -0.15) is 0 Å². The molecular weight excluding hydrogens is 851 g/mol. The van der Waals surface area contributed by atoms with Crippen LogP contribution in [0.25, 0.3) is 64.7 Å². The van der Waals surface area contributed by atoms with Crippen molar-refractivity contribution in [3.8, 4) is 44.5 Å². The molecule has 2 heteroatoms. The van der Waals surface area contributed by atoms with Crippen LogP contribution in [0.1, 0.15) is 72.2 Å². The Morgan fingerprint density at radius 3 is 1.45 bits per heavy atom. The number of nitrogens with zero attached hydrogens (tertiary/aromatic N) is 1. The lowest BCUT2D eigenvalue weighted by Gasteiger charge is -2.35. The fraction of sp³-hybridized carbons (Fsp3) is 0.104. The Hall–Kier alpha value is -7.78. The van der Waals surface area contributed by atoms with Gasteiger partial charge in [0.2, 0.25) is 0 Å². The summed E-state index contributed by atoms with van der Waals surface area (Å²) in [5, 5.41) is 2.69. The third-order valence-corrected chi connectivity index (χ3v) is 17.3. The van der Waals surface area contributed by atoms with Crippen LogP contribution >= 0.6 is 11.3 Å². The van der Waals surface area contributed by atoms with E-state index in [2.05, 4.69) is 257 Å². The molecule has 3 aliphatic rings. The average molecular weight is 900 g/mol. The van der Waals surface area contributed by atoms with E-state index < -0.39 is 5.41 Å². The molecule has 10 aromatic carbocycles. The second-order valence-corrected chi connectivity index (χ2v) is 21.4.